The van der Waals surface area contributed by atoms with Crippen molar-refractivity contribution in [1.29, 1.82) is 0 Å². The van der Waals surface area contributed by atoms with E-state index in [1.54, 1.807) is 0 Å². The Morgan fingerprint density at radius 2 is 1.95 bits per heavy atom. The summed E-state index contributed by atoms with van der Waals surface area (Å²) in [6.45, 7) is 6.22. The number of anilines is 1. The predicted molar refractivity (Wildman–Crippen MR) is 77.9 cm³/mol. The Kier molecular flexibility index (Phi) is 2.78. The Balaban J connectivity index is 1.57. The summed E-state index contributed by atoms with van der Waals surface area (Å²) in [5.41, 5.74) is 10.0. The van der Waals surface area contributed by atoms with Crippen molar-refractivity contribution < 1.29 is 0 Å². The number of nitrogens with zero attached hydrogens (tertiary/aromatic N) is 2. The van der Waals surface area contributed by atoms with Gasteiger partial charge in [0.25, 0.3) is 0 Å². The van der Waals surface area contributed by atoms with E-state index in [9.17, 15) is 0 Å². The van der Waals surface area contributed by atoms with Crippen LogP contribution >= 0.6 is 0 Å². The molecule has 0 aromatic heterocycles. The smallest absolute Gasteiger partial charge is 0.0362 e. The maximum absolute atomic E-state index is 6.17. The van der Waals surface area contributed by atoms with Crippen LogP contribution in [0.1, 0.15) is 24.0 Å². The first-order valence-corrected chi connectivity index (χ1v) is 7.64. The van der Waals surface area contributed by atoms with Gasteiger partial charge in [0.1, 0.15) is 0 Å². The summed E-state index contributed by atoms with van der Waals surface area (Å²) in [6.07, 6.45) is 3.97. The zero-order chi connectivity index (χ0) is 12.8. The predicted octanol–water partition coefficient (Wildman–Crippen LogP) is 1.72. The molecule has 5 rings (SSSR count). The number of nitrogen functional groups attached to an aromatic ring is 1. The lowest BCUT2D eigenvalue weighted by Crippen LogP contribution is -2.58. The van der Waals surface area contributed by atoms with Gasteiger partial charge in [-0.15, -0.1) is 0 Å². The first-order chi connectivity index (χ1) is 9.31. The maximum Gasteiger partial charge on any atom is 0.0362 e. The van der Waals surface area contributed by atoms with Gasteiger partial charge in [-0.1, -0.05) is 12.1 Å². The van der Waals surface area contributed by atoms with Crippen LogP contribution in [0.4, 0.5) is 5.69 Å². The standard InChI is InChI=1S/C16H23N3/c17-15-3-1-2-12-6-9-19(10-14(12)15)16-11-18-7-4-13(16)5-8-18/h1-3,13,16H,4-11,17H2. The second-order valence-corrected chi connectivity index (χ2v) is 6.41. The van der Waals surface area contributed by atoms with Gasteiger partial charge in [0.05, 0.1) is 0 Å². The minimum atomic E-state index is 0.773. The van der Waals surface area contributed by atoms with Crippen molar-refractivity contribution in [3.63, 3.8) is 0 Å². The first-order valence-electron chi connectivity index (χ1n) is 7.64. The summed E-state index contributed by atoms with van der Waals surface area (Å²) in [7, 11) is 0. The Labute approximate surface area is 115 Å². The minimum Gasteiger partial charge on any atom is -0.398 e. The number of benzene rings is 1. The van der Waals surface area contributed by atoms with Crippen LogP contribution in [0.25, 0.3) is 0 Å². The fourth-order valence-electron chi connectivity index (χ4n) is 4.26. The van der Waals surface area contributed by atoms with Gasteiger partial charge in [-0.25, -0.2) is 0 Å². The van der Waals surface area contributed by atoms with E-state index in [1.807, 2.05) is 0 Å². The fourth-order valence-corrected chi connectivity index (χ4v) is 4.26. The zero-order valence-corrected chi connectivity index (χ0v) is 11.5. The fraction of sp³-hybridized carbons (Fsp3) is 0.625. The van der Waals surface area contributed by atoms with Gasteiger partial charge < -0.3 is 10.6 Å². The molecule has 19 heavy (non-hydrogen) atoms. The molecule has 0 amide bonds. The third kappa shape index (κ3) is 1.96. The third-order valence-corrected chi connectivity index (χ3v) is 5.43. The molecule has 1 unspecified atom stereocenters. The molecule has 3 heteroatoms. The van der Waals surface area contributed by atoms with Crippen LogP contribution in [0.15, 0.2) is 18.2 Å². The van der Waals surface area contributed by atoms with Crippen molar-refractivity contribution in [1.82, 2.24) is 9.80 Å². The van der Waals surface area contributed by atoms with E-state index in [0.29, 0.717) is 0 Å². The van der Waals surface area contributed by atoms with E-state index in [0.717, 1.165) is 24.2 Å². The van der Waals surface area contributed by atoms with Crippen molar-refractivity contribution in [2.45, 2.75) is 31.8 Å². The van der Waals surface area contributed by atoms with Crippen molar-refractivity contribution in [2.24, 2.45) is 5.92 Å². The van der Waals surface area contributed by atoms with Crippen LogP contribution in [0, 0.1) is 5.92 Å². The second-order valence-electron chi connectivity index (χ2n) is 6.41. The molecular weight excluding hydrogens is 234 g/mol. The summed E-state index contributed by atoms with van der Waals surface area (Å²) in [5.74, 6) is 0.927. The average molecular weight is 257 g/mol. The highest BCUT2D eigenvalue weighted by Gasteiger charge is 2.38. The molecule has 3 fully saturated rings. The number of rotatable bonds is 1. The van der Waals surface area contributed by atoms with Crippen LogP contribution in [-0.4, -0.2) is 42.0 Å². The lowest BCUT2D eigenvalue weighted by Gasteiger charge is -2.50. The highest BCUT2D eigenvalue weighted by atomic mass is 15.3. The SMILES string of the molecule is Nc1cccc2c1CN(C1CN3CCC1CC3)CC2. The van der Waals surface area contributed by atoms with Gasteiger partial charge in [-0.2, -0.15) is 0 Å². The van der Waals surface area contributed by atoms with E-state index >= 15 is 0 Å². The molecule has 1 atom stereocenters. The molecule has 2 N–H and O–H groups in total. The van der Waals surface area contributed by atoms with Crippen molar-refractivity contribution in [2.75, 3.05) is 31.9 Å². The molecular formula is C16H23N3. The quantitative estimate of drug-likeness (QED) is 0.778. The summed E-state index contributed by atoms with van der Waals surface area (Å²) in [6, 6.07) is 7.17. The van der Waals surface area contributed by atoms with Crippen LogP contribution in [-0.2, 0) is 13.0 Å². The molecule has 0 spiro atoms. The molecule has 0 aliphatic carbocycles. The minimum absolute atomic E-state index is 0.773. The number of fused-ring (bicyclic) bond motifs is 4. The summed E-state index contributed by atoms with van der Waals surface area (Å²) < 4.78 is 0. The Bertz CT molecular complexity index is 477. The highest BCUT2D eigenvalue weighted by Crippen LogP contribution is 2.34. The largest absolute Gasteiger partial charge is 0.398 e. The van der Waals surface area contributed by atoms with E-state index in [4.69, 9.17) is 5.73 Å². The van der Waals surface area contributed by atoms with Gasteiger partial charge >= 0.3 is 0 Å². The van der Waals surface area contributed by atoms with Crippen molar-refractivity contribution in [3.8, 4) is 0 Å². The molecule has 102 valence electrons. The number of piperidine rings is 3. The van der Waals surface area contributed by atoms with Crippen LogP contribution in [0.2, 0.25) is 0 Å². The molecule has 4 heterocycles. The normalized spacial score (nSPS) is 34.2. The van der Waals surface area contributed by atoms with Gasteiger partial charge in [-0.3, -0.25) is 4.90 Å². The molecule has 3 nitrogen and oxygen atoms in total. The first kappa shape index (κ1) is 11.7. The molecule has 3 saturated heterocycles. The van der Waals surface area contributed by atoms with Crippen LogP contribution < -0.4 is 5.73 Å². The van der Waals surface area contributed by atoms with E-state index in [-0.39, 0.29) is 0 Å². The van der Waals surface area contributed by atoms with Crippen molar-refractivity contribution >= 4 is 5.69 Å². The summed E-state index contributed by atoms with van der Waals surface area (Å²) >= 11 is 0. The summed E-state index contributed by atoms with van der Waals surface area (Å²) in [5, 5.41) is 0. The maximum atomic E-state index is 6.17. The van der Waals surface area contributed by atoms with Gasteiger partial charge in [0.2, 0.25) is 0 Å². The van der Waals surface area contributed by atoms with E-state index < -0.39 is 0 Å². The molecule has 1 aromatic carbocycles. The molecule has 1 aromatic rings. The molecule has 2 bridgehead atoms. The molecule has 4 aliphatic heterocycles. The molecule has 0 saturated carbocycles. The lowest BCUT2D eigenvalue weighted by molar-refractivity contribution is -0.000713. The van der Waals surface area contributed by atoms with E-state index in [1.165, 1.54) is 56.6 Å². The Hall–Kier alpha value is -1.06. The Morgan fingerprint density at radius 1 is 1.11 bits per heavy atom. The number of hydrogen-bond acceptors (Lipinski definition) is 3. The second kappa shape index (κ2) is 4.50. The van der Waals surface area contributed by atoms with Gasteiger partial charge in [0.15, 0.2) is 0 Å². The van der Waals surface area contributed by atoms with Crippen molar-refractivity contribution in [3.05, 3.63) is 29.3 Å². The van der Waals surface area contributed by atoms with Gasteiger partial charge in [0, 0.05) is 31.4 Å². The molecule has 4 aliphatic rings. The van der Waals surface area contributed by atoms with E-state index in [2.05, 4.69) is 28.0 Å². The zero-order valence-electron chi connectivity index (χ0n) is 11.5. The molecule has 0 radical (unpaired) electrons. The average Bonchev–Trinajstić information content (AvgIpc) is 2.48. The van der Waals surface area contributed by atoms with Crippen LogP contribution in [0.3, 0.4) is 0 Å². The lowest BCUT2D eigenvalue weighted by atomic mass is 9.82. The summed E-state index contributed by atoms with van der Waals surface area (Å²) in [4.78, 5) is 5.35. The third-order valence-electron chi connectivity index (χ3n) is 5.43. The Morgan fingerprint density at radius 3 is 2.68 bits per heavy atom. The van der Waals surface area contributed by atoms with Crippen LogP contribution in [0.5, 0.6) is 0 Å². The highest BCUT2D eigenvalue weighted by molar-refractivity contribution is 5.51. The number of nitrogens with two attached hydrogens (primary N) is 1. The monoisotopic (exact) mass is 257 g/mol. The number of hydrogen-bond donors (Lipinski definition) is 1. The topological polar surface area (TPSA) is 32.5 Å². The van der Waals surface area contributed by atoms with Gasteiger partial charge in [-0.05, 0) is 55.5 Å².